The van der Waals surface area contributed by atoms with Gasteiger partial charge in [-0.15, -0.1) is 0 Å². The third-order valence-corrected chi connectivity index (χ3v) is 2.13. The topological polar surface area (TPSA) is 62.1 Å². The highest BCUT2D eigenvalue weighted by molar-refractivity contribution is 5.94. The molecule has 0 radical (unpaired) electrons. The Morgan fingerprint density at radius 3 is 2.79 bits per heavy atom. The maximum Gasteiger partial charge on any atom is 0.411 e. The van der Waals surface area contributed by atoms with Crippen LogP contribution in [0.4, 0.5) is 18.9 Å². The molecule has 0 aliphatic carbocycles. The molecule has 0 spiro atoms. The van der Waals surface area contributed by atoms with Crippen molar-refractivity contribution >= 4 is 11.6 Å². The van der Waals surface area contributed by atoms with Crippen molar-refractivity contribution in [1.29, 1.82) is 5.26 Å². The van der Waals surface area contributed by atoms with Crippen molar-refractivity contribution in [3.8, 4) is 6.07 Å². The number of benzene rings is 1. The summed E-state index contributed by atoms with van der Waals surface area (Å²) in [4.78, 5) is 11.5. The minimum Gasteiger partial charge on any atom is -0.359 e. The molecule has 1 amide bonds. The van der Waals surface area contributed by atoms with Gasteiger partial charge in [0, 0.05) is 5.69 Å². The largest absolute Gasteiger partial charge is 0.411 e. The van der Waals surface area contributed by atoms with Gasteiger partial charge in [-0.3, -0.25) is 4.79 Å². The number of carbonyl (C=O) groups is 1. The Morgan fingerprint density at radius 2 is 2.21 bits per heavy atom. The van der Waals surface area contributed by atoms with E-state index in [4.69, 9.17) is 5.26 Å². The van der Waals surface area contributed by atoms with Gasteiger partial charge in [-0.2, -0.15) is 18.4 Å². The van der Waals surface area contributed by atoms with E-state index in [-0.39, 0.29) is 0 Å². The first-order chi connectivity index (χ1) is 8.81. The summed E-state index contributed by atoms with van der Waals surface area (Å²) < 4.78 is 40.1. The SMILES string of the molecule is CC(OCC(F)(F)F)C(=O)Nc1cccc(C#N)c1. The van der Waals surface area contributed by atoms with Crippen LogP contribution in [0.15, 0.2) is 24.3 Å². The fraction of sp³-hybridized carbons (Fsp3) is 0.333. The van der Waals surface area contributed by atoms with Crippen LogP contribution in [0, 0.1) is 11.3 Å². The van der Waals surface area contributed by atoms with Crippen LogP contribution in [-0.4, -0.2) is 24.8 Å². The molecule has 0 aliphatic heterocycles. The number of nitriles is 1. The smallest absolute Gasteiger partial charge is 0.359 e. The summed E-state index contributed by atoms with van der Waals surface area (Å²) in [6, 6.07) is 7.91. The van der Waals surface area contributed by atoms with Crippen LogP contribution in [-0.2, 0) is 9.53 Å². The van der Waals surface area contributed by atoms with Gasteiger partial charge < -0.3 is 10.1 Å². The highest BCUT2D eigenvalue weighted by Crippen LogP contribution is 2.16. The Balaban J connectivity index is 2.57. The number of amides is 1. The second kappa shape index (κ2) is 6.20. The van der Waals surface area contributed by atoms with Gasteiger partial charge >= 0.3 is 6.18 Å². The number of anilines is 1. The summed E-state index contributed by atoms with van der Waals surface area (Å²) in [7, 11) is 0. The van der Waals surface area contributed by atoms with Gasteiger partial charge in [0.1, 0.15) is 12.7 Å². The van der Waals surface area contributed by atoms with Crippen molar-refractivity contribution in [3.05, 3.63) is 29.8 Å². The number of carbonyl (C=O) groups excluding carboxylic acids is 1. The zero-order valence-electron chi connectivity index (χ0n) is 9.99. The predicted molar refractivity (Wildman–Crippen MR) is 61.3 cm³/mol. The number of halogens is 3. The molecular weight excluding hydrogens is 261 g/mol. The molecule has 0 saturated carbocycles. The van der Waals surface area contributed by atoms with E-state index in [2.05, 4.69) is 10.1 Å². The molecule has 1 N–H and O–H groups in total. The first kappa shape index (κ1) is 15.0. The van der Waals surface area contributed by atoms with E-state index in [1.54, 1.807) is 12.1 Å². The average molecular weight is 272 g/mol. The molecule has 0 fully saturated rings. The van der Waals surface area contributed by atoms with Crippen LogP contribution in [0.1, 0.15) is 12.5 Å². The standard InChI is InChI=1S/C12H11F3N2O2/c1-8(19-7-12(13,14)15)11(18)17-10-4-2-3-9(5-10)6-16/h2-5,8H,7H2,1H3,(H,17,18). The van der Waals surface area contributed by atoms with E-state index < -0.39 is 24.8 Å². The number of hydrogen-bond donors (Lipinski definition) is 1. The van der Waals surface area contributed by atoms with Gasteiger partial charge in [0.2, 0.25) is 0 Å². The van der Waals surface area contributed by atoms with Crippen LogP contribution >= 0.6 is 0 Å². The number of alkyl halides is 3. The Bertz CT molecular complexity index is 494. The molecule has 1 aromatic carbocycles. The molecule has 1 unspecified atom stereocenters. The molecule has 0 aromatic heterocycles. The summed E-state index contributed by atoms with van der Waals surface area (Å²) >= 11 is 0. The molecule has 7 heteroatoms. The number of nitrogens with one attached hydrogen (secondary N) is 1. The highest BCUT2D eigenvalue weighted by Gasteiger charge is 2.29. The Morgan fingerprint density at radius 1 is 1.53 bits per heavy atom. The lowest BCUT2D eigenvalue weighted by molar-refractivity contribution is -0.184. The van der Waals surface area contributed by atoms with E-state index in [0.717, 1.165) is 0 Å². The van der Waals surface area contributed by atoms with E-state index in [1.165, 1.54) is 19.1 Å². The molecule has 4 nitrogen and oxygen atoms in total. The normalized spacial score (nSPS) is 12.6. The Kier molecular flexibility index (Phi) is 4.89. The van der Waals surface area contributed by atoms with Crippen LogP contribution < -0.4 is 5.32 Å². The van der Waals surface area contributed by atoms with E-state index in [0.29, 0.717) is 11.3 Å². The van der Waals surface area contributed by atoms with Crippen molar-refractivity contribution in [1.82, 2.24) is 0 Å². The van der Waals surface area contributed by atoms with Gasteiger partial charge in [-0.25, -0.2) is 0 Å². The van der Waals surface area contributed by atoms with Gasteiger partial charge in [-0.05, 0) is 25.1 Å². The van der Waals surface area contributed by atoms with Crippen LogP contribution in [0.5, 0.6) is 0 Å². The van der Waals surface area contributed by atoms with Gasteiger partial charge in [0.25, 0.3) is 5.91 Å². The van der Waals surface area contributed by atoms with Crippen LogP contribution in [0.2, 0.25) is 0 Å². The molecule has 0 aliphatic rings. The zero-order chi connectivity index (χ0) is 14.5. The van der Waals surface area contributed by atoms with Gasteiger partial charge in [-0.1, -0.05) is 6.07 Å². The lowest BCUT2D eigenvalue weighted by Gasteiger charge is -2.14. The highest BCUT2D eigenvalue weighted by atomic mass is 19.4. The molecule has 1 aromatic rings. The Labute approximate surface area is 107 Å². The van der Waals surface area contributed by atoms with E-state index in [9.17, 15) is 18.0 Å². The summed E-state index contributed by atoms with van der Waals surface area (Å²) in [5.41, 5.74) is 0.660. The molecule has 0 saturated heterocycles. The summed E-state index contributed by atoms with van der Waals surface area (Å²) in [5.74, 6) is -0.709. The summed E-state index contributed by atoms with van der Waals surface area (Å²) in [6.07, 6.45) is -5.72. The molecule has 1 atom stereocenters. The van der Waals surface area contributed by atoms with E-state index >= 15 is 0 Å². The van der Waals surface area contributed by atoms with Crippen molar-refractivity contribution in [3.63, 3.8) is 0 Å². The van der Waals surface area contributed by atoms with Crippen LogP contribution in [0.25, 0.3) is 0 Å². The second-order valence-corrected chi connectivity index (χ2v) is 3.75. The fourth-order valence-electron chi connectivity index (χ4n) is 1.21. The van der Waals surface area contributed by atoms with E-state index in [1.807, 2.05) is 6.07 Å². The number of nitrogens with zero attached hydrogens (tertiary/aromatic N) is 1. The second-order valence-electron chi connectivity index (χ2n) is 3.75. The lowest BCUT2D eigenvalue weighted by atomic mass is 10.2. The number of hydrogen-bond acceptors (Lipinski definition) is 3. The minimum atomic E-state index is -4.48. The summed E-state index contributed by atoms with van der Waals surface area (Å²) in [6.45, 7) is -0.269. The summed E-state index contributed by atoms with van der Waals surface area (Å²) in [5, 5.41) is 11.0. The average Bonchev–Trinajstić information content (AvgIpc) is 2.35. The number of rotatable bonds is 4. The molecule has 19 heavy (non-hydrogen) atoms. The third kappa shape index (κ3) is 5.40. The van der Waals surface area contributed by atoms with Crippen molar-refractivity contribution in [2.24, 2.45) is 0 Å². The zero-order valence-corrected chi connectivity index (χ0v) is 9.99. The molecule has 0 bridgehead atoms. The monoisotopic (exact) mass is 272 g/mol. The maximum absolute atomic E-state index is 11.9. The minimum absolute atomic E-state index is 0.325. The molecular formula is C12H11F3N2O2. The Hall–Kier alpha value is -2.07. The quantitative estimate of drug-likeness (QED) is 0.915. The molecule has 1 rings (SSSR count). The van der Waals surface area contributed by atoms with Gasteiger partial charge in [0.05, 0.1) is 11.6 Å². The predicted octanol–water partition coefficient (Wildman–Crippen LogP) is 2.46. The van der Waals surface area contributed by atoms with Crippen molar-refractivity contribution in [2.75, 3.05) is 11.9 Å². The maximum atomic E-state index is 11.9. The number of ether oxygens (including phenoxy) is 1. The third-order valence-electron chi connectivity index (χ3n) is 2.13. The van der Waals surface area contributed by atoms with Gasteiger partial charge in [0.15, 0.2) is 0 Å². The molecule has 102 valence electrons. The lowest BCUT2D eigenvalue weighted by Crippen LogP contribution is -2.31. The molecule has 0 heterocycles. The van der Waals surface area contributed by atoms with Crippen molar-refractivity contribution in [2.45, 2.75) is 19.2 Å². The fourth-order valence-corrected chi connectivity index (χ4v) is 1.21. The first-order valence-electron chi connectivity index (χ1n) is 5.31. The van der Waals surface area contributed by atoms with Crippen molar-refractivity contribution < 1.29 is 22.7 Å². The first-order valence-corrected chi connectivity index (χ1v) is 5.31. The van der Waals surface area contributed by atoms with Crippen LogP contribution in [0.3, 0.4) is 0 Å².